The zero-order valence-electron chi connectivity index (χ0n) is 17.1. The largest absolute Gasteiger partial charge is 0.393 e. The number of hydrogen-bond donors (Lipinski definition) is 2. The van der Waals surface area contributed by atoms with Gasteiger partial charge in [-0.3, -0.25) is 14.2 Å². The number of carbonyl (C=O) groups is 1. The number of fused-ring (bicyclic) bond motifs is 1. The van der Waals surface area contributed by atoms with E-state index in [4.69, 9.17) is 0 Å². The first kappa shape index (κ1) is 20.3. The van der Waals surface area contributed by atoms with E-state index in [1.165, 1.54) is 15.9 Å². The molecule has 1 saturated heterocycles. The van der Waals surface area contributed by atoms with Crippen LogP contribution in [-0.2, 0) is 0 Å². The zero-order chi connectivity index (χ0) is 22.1. The van der Waals surface area contributed by atoms with Crippen LogP contribution in [0.4, 0.5) is 11.5 Å². The summed E-state index contributed by atoms with van der Waals surface area (Å²) in [5.41, 5.74) is 0.645. The molecule has 3 aromatic heterocycles. The predicted octanol–water partition coefficient (Wildman–Crippen LogP) is 3.06. The number of piperidine rings is 1. The third-order valence-corrected chi connectivity index (χ3v) is 6.38. The molecular formula is C23H21N5O3S. The maximum Gasteiger partial charge on any atom is 0.275 e. The van der Waals surface area contributed by atoms with Gasteiger partial charge < -0.3 is 15.3 Å². The van der Waals surface area contributed by atoms with Crippen LogP contribution in [0.3, 0.4) is 0 Å². The second kappa shape index (κ2) is 8.52. The minimum atomic E-state index is -0.368. The zero-order valence-corrected chi connectivity index (χ0v) is 18.0. The Hall–Kier alpha value is -3.56. The number of benzene rings is 1. The van der Waals surface area contributed by atoms with Gasteiger partial charge in [-0.2, -0.15) is 0 Å². The molecule has 4 aromatic rings. The normalized spacial score (nSPS) is 14.6. The van der Waals surface area contributed by atoms with Crippen molar-refractivity contribution in [1.29, 1.82) is 0 Å². The number of pyridine rings is 2. The van der Waals surface area contributed by atoms with Crippen molar-refractivity contribution in [2.45, 2.75) is 18.9 Å². The Kier molecular flexibility index (Phi) is 5.42. The van der Waals surface area contributed by atoms with Gasteiger partial charge in [0.2, 0.25) is 0 Å². The molecule has 0 radical (unpaired) electrons. The Morgan fingerprint density at radius 2 is 1.94 bits per heavy atom. The minimum absolute atomic E-state index is 0.175. The van der Waals surface area contributed by atoms with Crippen molar-refractivity contribution < 1.29 is 9.90 Å². The van der Waals surface area contributed by atoms with Gasteiger partial charge in [0, 0.05) is 36.2 Å². The van der Waals surface area contributed by atoms with Gasteiger partial charge in [-0.1, -0.05) is 18.2 Å². The van der Waals surface area contributed by atoms with Crippen LogP contribution in [-0.4, -0.2) is 44.7 Å². The van der Waals surface area contributed by atoms with Crippen LogP contribution in [0.15, 0.2) is 65.0 Å². The van der Waals surface area contributed by atoms with Crippen molar-refractivity contribution in [2.75, 3.05) is 23.3 Å². The molecule has 32 heavy (non-hydrogen) atoms. The number of nitrogens with one attached hydrogen (secondary N) is 1. The summed E-state index contributed by atoms with van der Waals surface area (Å²) in [5, 5.41) is 16.2. The molecule has 1 fully saturated rings. The van der Waals surface area contributed by atoms with Gasteiger partial charge in [-0.15, -0.1) is 11.3 Å². The number of aliphatic hydroxyl groups excluding tert-OH is 1. The highest BCUT2D eigenvalue weighted by Gasteiger charge is 2.22. The van der Waals surface area contributed by atoms with Crippen LogP contribution >= 0.6 is 11.3 Å². The molecule has 1 aromatic carbocycles. The first-order chi connectivity index (χ1) is 15.6. The summed E-state index contributed by atoms with van der Waals surface area (Å²) in [6.07, 6.45) is 4.40. The maximum atomic E-state index is 12.9. The van der Waals surface area contributed by atoms with E-state index in [-0.39, 0.29) is 23.3 Å². The van der Waals surface area contributed by atoms with Gasteiger partial charge in [0.15, 0.2) is 10.9 Å². The third-order valence-electron chi connectivity index (χ3n) is 5.54. The highest BCUT2D eigenvalue weighted by Crippen LogP contribution is 2.26. The predicted molar refractivity (Wildman–Crippen MR) is 125 cm³/mol. The Morgan fingerprint density at radius 1 is 1.12 bits per heavy atom. The number of nitrogens with zero attached hydrogens (tertiary/aromatic N) is 4. The summed E-state index contributed by atoms with van der Waals surface area (Å²) >= 11 is 1.23. The van der Waals surface area contributed by atoms with Crippen molar-refractivity contribution in [2.24, 2.45) is 0 Å². The molecular weight excluding hydrogens is 426 g/mol. The van der Waals surface area contributed by atoms with Crippen LogP contribution in [0.2, 0.25) is 0 Å². The molecule has 0 aliphatic carbocycles. The lowest BCUT2D eigenvalue weighted by atomic mass is 10.1. The standard InChI is InChI=1S/C23H21N5O3S/c29-16-8-11-27(12-9-16)20-18(6-3-10-24-20)25-21(30)19-14-32-23(26-19)28-13-7-15-4-1-2-5-17(15)22(28)31/h1-7,10,13-14,16,29H,8-9,11-12H2,(H,25,30). The van der Waals surface area contributed by atoms with Crippen molar-refractivity contribution in [3.63, 3.8) is 0 Å². The van der Waals surface area contributed by atoms with Crippen LogP contribution in [0.25, 0.3) is 15.9 Å². The third kappa shape index (κ3) is 3.88. The number of aliphatic hydroxyl groups is 1. The lowest BCUT2D eigenvalue weighted by Crippen LogP contribution is -2.36. The van der Waals surface area contributed by atoms with Crippen LogP contribution in [0, 0.1) is 0 Å². The van der Waals surface area contributed by atoms with Gasteiger partial charge in [-0.05, 0) is 42.5 Å². The SMILES string of the molecule is O=C(Nc1cccnc1N1CCC(O)CC1)c1csc(-n2ccc3ccccc3c2=O)n1. The van der Waals surface area contributed by atoms with Crippen molar-refractivity contribution >= 4 is 39.5 Å². The lowest BCUT2D eigenvalue weighted by molar-refractivity contribution is 0.102. The molecule has 0 saturated carbocycles. The number of anilines is 2. The smallest absolute Gasteiger partial charge is 0.275 e. The van der Waals surface area contributed by atoms with E-state index in [1.807, 2.05) is 24.3 Å². The maximum absolute atomic E-state index is 12.9. The summed E-state index contributed by atoms with van der Waals surface area (Å²) in [4.78, 5) is 36.6. The highest BCUT2D eigenvalue weighted by atomic mass is 32.1. The van der Waals surface area contributed by atoms with E-state index in [2.05, 4.69) is 20.2 Å². The molecule has 1 aliphatic heterocycles. The molecule has 9 heteroatoms. The van der Waals surface area contributed by atoms with E-state index in [0.717, 1.165) is 5.39 Å². The molecule has 0 spiro atoms. The van der Waals surface area contributed by atoms with Gasteiger partial charge >= 0.3 is 0 Å². The summed E-state index contributed by atoms with van der Waals surface area (Å²) in [6, 6.07) is 12.8. The van der Waals surface area contributed by atoms with Crippen LogP contribution < -0.4 is 15.8 Å². The van der Waals surface area contributed by atoms with E-state index in [0.29, 0.717) is 48.0 Å². The van der Waals surface area contributed by atoms with Crippen molar-refractivity contribution in [3.05, 3.63) is 76.3 Å². The molecule has 0 unspecified atom stereocenters. The summed E-state index contributed by atoms with van der Waals surface area (Å²) < 4.78 is 1.46. The van der Waals surface area contributed by atoms with Crippen molar-refractivity contribution in [1.82, 2.24) is 14.5 Å². The monoisotopic (exact) mass is 447 g/mol. The number of thiazole rings is 1. The Morgan fingerprint density at radius 3 is 2.78 bits per heavy atom. The quantitative estimate of drug-likeness (QED) is 0.499. The fourth-order valence-electron chi connectivity index (χ4n) is 3.83. The molecule has 1 aliphatic rings. The van der Waals surface area contributed by atoms with Crippen LogP contribution in [0.5, 0.6) is 0 Å². The van der Waals surface area contributed by atoms with E-state index < -0.39 is 0 Å². The lowest BCUT2D eigenvalue weighted by Gasteiger charge is -2.31. The topological polar surface area (TPSA) is 100 Å². The Balaban J connectivity index is 1.39. The van der Waals surface area contributed by atoms with Crippen LogP contribution in [0.1, 0.15) is 23.3 Å². The fourth-order valence-corrected chi connectivity index (χ4v) is 4.61. The number of hydrogen-bond acceptors (Lipinski definition) is 7. The number of aromatic nitrogens is 3. The molecule has 0 bridgehead atoms. The van der Waals surface area contributed by atoms with E-state index >= 15 is 0 Å². The fraction of sp³-hybridized carbons (Fsp3) is 0.217. The summed E-state index contributed by atoms with van der Waals surface area (Å²) in [6.45, 7) is 1.35. The van der Waals surface area contributed by atoms with Gasteiger partial charge in [-0.25, -0.2) is 9.97 Å². The minimum Gasteiger partial charge on any atom is -0.393 e. The number of rotatable bonds is 4. The molecule has 8 nitrogen and oxygen atoms in total. The summed E-state index contributed by atoms with van der Waals surface area (Å²) in [5.74, 6) is 0.307. The summed E-state index contributed by atoms with van der Waals surface area (Å²) in [7, 11) is 0. The molecule has 2 N–H and O–H groups in total. The number of amides is 1. The number of carbonyl (C=O) groups excluding carboxylic acids is 1. The first-order valence-corrected chi connectivity index (χ1v) is 11.2. The second-order valence-corrected chi connectivity index (χ2v) is 8.48. The van der Waals surface area contributed by atoms with E-state index in [1.54, 1.807) is 36.0 Å². The van der Waals surface area contributed by atoms with Gasteiger partial charge in [0.05, 0.1) is 11.8 Å². The average Bonchev–Trinajstić information content (AvgIpc) is 3.31. The molecule has 5 rings (SSSR count). The Bertz CT molecular complexity index is 1340. The van der Waals surface area contributed by atoms with Crippen molar-refractivity contribution in [3.8, 4) is 5.13 Å². The molecule has 4 heterocycles. The molecule has 162 valence electrons. The molecule has 1 amide bonds. The van der Waals surface area contributed by atoms with Gasteiger partial charge in [0.25, 0.3) is 11.5 Å². The highest BCUT2D eigenvalue weighted by molar-refractivity contribution is 7.12. The second-order valence-electron chi connectivity index (χ2n) is 7.64. The molecule has 0 atom stereocenters. The Labute approximate surface area is 187 Å². The van der Waals surface area contributed by atoms with E-state index in [9.17, 15) is 14.7 Å². The average molecular weight is 448 g/mol. The van der Waals surface area contributed by atoms with Gasteiger partial charge in [0.1, 0.15) is 5.69 Å². The first-order valence-electron chi connectivity index (χ1n) is 10.4.